The van der Waals surface area contributed by atoms with Crippen molar-refractivity contribution in [1.82, 2.24) is 0 Å². The number of benzene rings is 2. The van der Waals surface area contributed by atoms with E-state index in [0.717, 1.165) is 11.1 Å². The Balaban J connectivity index is 1.56. The molecule has 0 saturated carbocycles. The van der Waals surface area contributed by atoms with Crippen molar-refractivity contribution in [3.05, 3.63) is 47.5 Å². The minimum atomic E-state index is -0.131. The summed E-state index contributed by atoms with van der Waals surface area (Å²) < 4.78 is 22.3. The SMILES string of the molecule is COc1ccc([C@H]2OC[C@H]3[C@@H]2CO[C@H]3c2ccc(OC)c(O)c2)cc1O. The molecule has 0 unspecified atom stereocenters. The zero-order valence-electron chi connectivity index (χ0n) is 14.7. The van der Waals surface area contributed by atoms with Crippen LogP contribution in [0.2, 0.25) is 0 Å². The second-order valence-corrected chi connectivity index (χ2v) is 6.70. The number of ether oxygens (including phenoxy) is 4. The quantitative estimate of drug-likeness (QED) is 0.874. The first kappa shape index (κ1) is 17.0. The highest BCUT2D eigenvalue weighted by atomic mass is 16.5. The summed E-state index contributed by atoms with van der Waals surface area (Å²) in [5.41, 5.74) is 1.83. The Morgan fingerprint density at radius 1 is 0.769 bits per heavy atom. The van der Waals surface area contributed by atoms with Gasteiger partial charge < -0.3 is 29.2 Å². The number of fused-ring (bicyclic) bond motifs is 1. The van der Waals surface area contributed by atoms with Crippen LogP contribution in [-0.4, -0.2) is 37.6 Å². The lowest BCUT2D eigenvalue weighted by molar-refractivity contribution is 0.0191. The summed E-state index contributed by atoms with van der Waals surface area (Å²) in [6.07, 6.45) is -0.262. The molecular weight excluding hydrogens is 336 g/mol. The van der Waals surface area contributed by atoms with Crippen LogP contribution >= 0.6 is 0 Å². The van der Waals surface area contributed by atoms with Crippen molar-refractivity contribution < 1.29 is 29.2 Å². The predicted molar refractivity (Wildman–Crippen MR) is 93.7 cm³/mol. The summed E-state index contributed by atoms with van der Waals surface area (Å²) in [7, 11) is 3.05. The number of methoxy groups -OCH3 is 2. The molecule has 26 heavy (non-hydrogen) atoms. The van der Waals surface area contributed by atoms with Gasteiger partial charge >= 0.3 is 0 Å². The summed E-state index contributed by atoms with van der Waals surface area (Å²) >= 11 is 0. The van der Waals surface area contributed by atoms with Gasteiger partial charge in [-0.3, -0.25) is 0 Å². The highest BCUT2D eigenvalue weighted by Gasteiger charge is 2.48. The molecule has 2 saturated heterocycles. The van der Waals surface area contributed by atoms with Gasteiger partial charge in [-0.25, -0.2) is 0 Å². The van der Waals surface area contributed by atoms with Gasteiger partial charge in [0.15, 0.2) is 23.0 Å². The number of hydrogen-bond acceptors (Lipinski definition) is 6. The van der Waals surface area contributed by atoms with Crippen molar-refractivity contribution in [1.29, 1.82) is 0 Å². The molecule has 2 heterocycles. The van der Waals surface area contributed by atoms with Crippen LogP contribution in [0.3, 0.4) is 0 Å². The van der Waals surface area contributed by atoms with Crippen molar-refractivity contribution in [2.75, 3.05) is 27.4 Å². The number of rotatable bonds is 4. The Morgan fingerprint density at radius 2 is 1.19 bits per heavy atom. The van der Waals surface area contributed by atoms with Gasteiger partial charge in [0.2, 0.25) is 0 Å². The second kappa shape index (κ2) is 6.70. The topological polar surface area (TPSA) is 77.4 Å². The summed E-state index contributed by atoms with van der Waals surface area (Å²) in [6.45, 7) is 1.14. The van der Waals surface area contributed by atoms with Crippen molar-refractivity contribution in [3.8, 4) is 23.0 Å². The van der Waals surface area contributed by atoms with Crippen LogP contribution in [-0.2, 0) is 9.47 Å². The van der Waals surface area contributed by atoms with E-state index in [1.165, 1.54) is 14.2 Å². The third kappa shape index (κ3) is 2.75. The molecule has 0 aromatic heterocycles. The fourth-order valence-electron chi connectivity index (χ4n) is 4.00. The van der Waals surface area contributed by atoms with Gasteiger partial charge in [0.25, 0.3) is 0 Å². The molecule has 6 nitrogen and oxygen atoms in total. The van der Waals surface area contributed by atoms with Gasteiger partial charge in [-0.15, -0.1) is 0 Å². The molecular formula is C20H22O6. The number of hydrogen-bond donors (Lipinski definition) is 2. The maximum Gasteiger partial charge on any atom is 0.160 e. The summed E-state index contributed by atoms with van der Waals surface area (Å²) in [6, 6.07) is 10.7. The summed E-state index contributed by atoms with van der Waals surface area (Å²) in [4.78, 5) is 0. The Labute approximate surface area is 151 Å². The minimum Gasteiger partial charge on any atom is -0.504 e. The summed E-state index contributed by atoms with van der Waals surface area (Å²) in [5.74, 6) is 1.48. The van der Waals surface area contributed by atoms with E-state index in [-0.39, 0.29) is 35.5 Å². The molecule has 0 radical (unpaired) electrons. The average molecular weight is 358 g/mol. The Morgan fingerprint density at radius 3 is 1.54 bits per heavy atom. The molecule has 2 aliphatic heterocycles. The fourth-order valence-corrected chi connectivity index (χ4v) is 4.00. The van der Waals surface area contributed by atoms with E-state index in [4.69, 9.17) is 18.9 Å². The smallest absolute Gasteiger partial charge is 0.160 e. The average Bonchev–Trinajstić information content (AvgIpc) is 3.23. The normalized spacial score (nSPS) is 27.3. The maximum atomic E-state index is 10.1. The van der Waals surface area contributed by atoms with E-state index in [1.807, 2.05) is 12.1 Å². The van der Waals surface area contributed by atoms with E-state index in [0.29, 0.717) is 24.7 Å². The van der Waals surface area contributed by atoms with Gasteiger partial charge in [0, 0.05) is 11.8 Å². The monoisotopic (exact) mass is 358 g/mol. The van der Waals surface area contributed by atoms with Crippen LogP contribution in [0.15, 0.2) is 36.4 Å². The molecule has 2 aromatic rings. The number of aromatic hydroxyl groups is 2. The second-order valence-electron chi connectivity index (χ2n) is 6.70. The van der Waals surface area contributed by atoms with Crippen LogP contribution in [0, 0.1) is 11.8 Å². The molecule has 0 aliphatic carbocycles. The van der Waals surface area contributed by atoms with Crippen molar-refractivity contribution in [3.63, 3.8) is 0 Å². The van der Waals surface area contributed by atoms with Crippen LogP contribution in [0.25, 0.3) is 0 Å². The third-order valence-electron chi connectivity index (χ3n) is 5.33. The molecule has 4 atom stereocenters. The number of phenols is 2. The number of phenolic OH excluding ortho intramolecular Hbond substituents is 2. The Kier molecular flexibility index (Phi) is 4.38. The molecule has 138 valence electrons. The van der Waals surface area contributed by atoms with E-state index in [2.05, 4.69) is 0 Å². The van der Waals surface area contributed by atoms with Gasteiger partial charge in [-0.1, -0.05) is 12.1 Å². The van der Waals surface area contributed by atoms with Gasteiger partial charge in [-0.2, -0.15) is 0 Å². The van der Waals surface area contributed by atoms with Crippen LogP contribution < -0.4 is 9.47 Å². The minimum absolute atomic E-state index is 0.104. The van der Waals surface area contributed by atoms with E-state index >= 15 is 0 Å². The van der Waals surface area contributed by atoms with Gasteiger partial charge in [0.1, 0.15) is 0 Å². The lowest BCUT2D eigenvalue weighted by Crippen LogP contribution is -2.14. The zero-order chi connectivity index (χ0) is 18.3. The largest absolute Gasteiger partial charge is 0.504 e. The zero-order valence-corrected chi connectivity index (χ0v) is 14.7. The predicted octanol–water partition coefficient (Wildman–Crippen LogP) is 3.19. The fraction of sp³-hybridized carbons (Fsp3) is 0.400. The van der Waals surface area contributed by atoms with E-state index in [9.17, 15) is 10.2 Å². The van der Waals surface area contributed by atoms with E-state index in [1.54, 1.807) is 24.3 Å². The summed E-state index contributed by atoms with van der Waals surface area (Å²) in [5, 5.41) is 20.1. The molecule has 0 spiro atoms. The van der Waals surface area contributed by atoms with Gasteiger partial charge in [-0.05, 0) is 35.4 Å². The molecule has 0 bridgehead atoms. The first-order valence-electron chi connectivity index (χ1n) is 8.59. The third-order valence-corrected chi connectivity index (χ3v) is 5.33. The van der Waals surface area contributed by atoms with Crippen LogP contribution in [0.1, 0.15) is 23.3 Å². The highest BCUT2D eigenvalue weighted by molar-refractivity contribution is 5.44. The van der Waals surface area contributed by atoms with Crippen LogP contribution in [0.4, 0.5) is 0 Å². The van der Waals surface area contributed by atoms with Crippen molar-refractivity contribution in [2.45, 2.75) is 12.2 Å². The lowest BCUT2D eigenvalue weighted by Gasteiger charge is -2.18. The Hall–Kier alpha value is -2.44. The lowest BCUT2D eigenvalue weighted by atomic mass is 9.85. The molecule has 6 heteroatoms. The molecule has 0 amide bonds. The maximum absolute atomic E-state index is 10.1. The van der Waals surface area contributed by atoms with Crippen LogP contribution in [0.5, 0.6) is 23.0 Å². The Bertz CT molecular complexity index is 737. The highest BCUT2D eigenvalue weighted by Crippen LogP contribution is 2.51. The standard InChI is InChI=1S/C20H22O6/c1-23-17-5-3-11(7-15(17)21)19-13-9-26-20(14(13)10-25-19)12-4-6-18(24-2)16(22)8-12/h3-8,13-14,19-22H,9-10H2,1-2H3/t13-,14-,19-,20+/m0/s1. The van der Waals surface area contributed by atoms with Crippen molar-refractivity contribution in [2.24, 2.45) is 11.8 Å². The molecule has 2 aromatic carbocycles. The van der Waals surface area contributed by atoms with Crippen molar-refractivity contribution >= 4 is 0 Å². The van der Waals surface area contributed by atoms with E-state index < -0.39 is 0 Å². The molecule has 2 fully saturated rings. The molecule has 4 rings (SSSR count). The first-order valence-corrected chi connectivity index (χ1v) is 8.59. The van der Waals surface area contributed by atoms with Gasteiger partial charge in [0.05, 0.1) is 39.6 Å². The first-order chi connectivity index (χ1) is 12.6. The molecule has 2 N–H and O–H groups in total. The molecule has 2 aliphatic rings.